The molecule has 0 amide bonds. The number of ether oxygens (including phenoxy) is 1. The summed E-state index contributed by atoms with van der Waals surface area (Å²) < 4.78 is 20.6. The van der Waals surface area contributed by atoms with Crippen LogP contribution in [0, 0.1) is 12.7 Å². The topological polar surface area (TPSA) is 27.1 Å². The van der Waals surface area contributed by atoms with Gasteiger partial charge in [0.25, 0.3) is 0 Å². The highest BCUT2D eigenvalue weighted by Crippen LogP contribution is 2.19. The van der Waals surface area contributed by atoms with Crippen LogP contribution < -0.4 is 4.74 Å². The lowest BCUT2D eigenvalue weighted by Crippen LogP contribution is -2.06. The number of aryl methyl sites for hydroxylation is 2. The average molecular weight is 234 g/mol. The van der Waals surface area contributed by atoms with Gasteiger partial charge in [0, 0.05) is 25.0 Å². The molecule has 1 aromatic heterocycles. The van der Waals surface area contributed by atoms with E-state index in [1.807, 2.05) is 24.6 Å². The van der Waals surface area contributed by atoms with E-state index in [9.17, 15) is 4.39 Å². The second-order valence-electron chi connectivity index (χ2n) is 3.83. The first-order valence-electron chi connectivity index (χ1n) is 5.59. The molecule has 2 aromatic rings. The van der Waals surface area contributed by atoms with Crippen molar-refractivity contribution in [1.29, 1.82) is 0 Å². The van der Waals surface area contributed by atoms with Gasteiger partial charge in [-0.3, -0.25) is 0 Å². The van der Waals surface area contributed by atoms with Crippen LogP contribution in [-0.4, -0.2) is 9.55 Å². The first-order valence-corrected chi connectivity index (χ1v) is 5.59. The van der Waals surface area contributed by atoms with Crippen molar-refractivity contribution in [2.45, 2.75) is 27.0 Å². The molecule has 0 spiro atoms. The van der Waals surface area contributed by atoms with Crippen LogP contribution in [0.15, 0.2) is 30.6 Å². The van der Waals surface area contributed by atoms with Crippen LogP contribution in [0.1, 0.15) is 18.3 Å². The molecule has 2 rings (SSSR count). The quantitative estimate of drug-likeness (QED) is 0.813. The number of aromatic nitrogens is 2. The third-order valence-corrected chi connectivity index (χ3v) is 2.65. The molecule has 0 saturated heterocycles. The van der Waals surface area contributed by atoms with Gasteiger partial charge in [0.1, 0.15) is 24.0 Å². The number of benzene rings is 1. The summed E-state index contributed by atoms with van der Waals surface area (Å²) in [6.07, 6.45) is 3.64. The van der Waals surface area contributed by atoms with Crippen molar-refractivity contribution in [2.75, 3.05) is 0 Å². The monoisotopic (exact) mass is 234 g/mol. The largest absolute Gasteiger partial charge is 0.485 e. The zero-order valence-corrected chi connectivity index (χ0v) is 9.98. The van der Waals surface area contributed by atoms with E-state index in [2.05, 4.69) is 4.98 Å². The number of imidazole rings is 1. The maximum Gasteiger partial charge on any atom is 0.146 e. The Balaban J connectivity index is 2.09. The molecule has 90 valence electrons. The molecule has 0 N–H and O–H groups in total. The molecule has 0 saturated carbocycles. The summed E-state index contributed by atoms with van der Waals surface area (Å²) in [5.74, 6) is 1.12. The van der Waals surface area contributed by atoms with Crippen molar-refractivity contribution in [2.24, 2.45) is 0 Å². The number of hydrogen-bond acceptors (Lipinski definition) is 2. The molecule has 1 heterocycles. The summed E-state index contributed by atoms with van der Waals surface area (Å²) in [6.45, 7) is 5.13. The highest BCUT2D eigenvalue weighted by atomic mass is 19.1. The Kier molecular flexibility index (Phi) is 3.42. The van der Waals surface area contributed by atoms with Gasteiger partial charge in [0.15, 0.2) is 0 Å². The molecule has 4 heteroatoms. The third-order valence-electron chi connectivity index (χ3n) is 2.65. The Labute approximate surface area is 99.9 Å². The third kappa shape index (κ3) is 2.64. The van der Waals surface area contributed by atoms with Crippen molar-refractivity contribution >= 4 is 0 Å². The van der Waals surface area contributed by atoms with Crippen molar-refractivity contribution < 1.29 is 9.13 Å². The van der Waals surface area contributed by atoms with Crippen molar-refractivity contribution in [3.8, 4) is 5.75 Å². The van der Waals surface area contributed by atoms with Gasteiger partial charge in [-0.15, -0.1) is 0 Å². The highest BCUT2D eigenvalue weighted by Gasteiger charge is 2.05. The van der Waals surface area contributed by atoms with Gasteiger partial charge in [0.2, 0.25) is 0 Å². The minimum Gasteiger partial charge on any atom is -0.485 e. The second-order valence-corrected chi connectivity index (χ2v) is 3.83. The predicted octanol–water partition coefficient (Wildman–Crippen LogP) is 2.93. The Hall–Kier alpha value is -1.84. The molecule has 0 aliphatic carbocycles. The first kappa shape index (κ1) is 11.6. The number of hydrogen-bond donors (Lipinski definition) is 0. The molecule has 0 unspecified atom stereocenters. The van der Waals surface area contributed by atoms with Crippen LogP contribution in [0.2, 0.25) is 0 Å². The summed E-state index contributed by atoms with van der Waals surface area (Å²) in [5, 5.41) is 0. The van der Waals surface area contributed by atoms with Crippen molar-refractivity contribution in [3.63, 3.8) is 0 Å². The lowest BCUT2D eigenvalue weighted by atomic mass is 10.2. The number of rotatable bonds is 4. The van der Waals surface area contributed by atoms with E-state index in [0.29, 0.717) is 12.4 Å². The van der Waals surface area contributed by atoms with Crippen molar-refractivity contribution in [3.05, 3.63) is 47.8 Å². The van der Waals surface area contributed by atoms with E-state index in [1.165, 1.54) is 12.1 Å². The van der Waals surface area contributed by atoms with Gasteiger partial charge >= 0.3 is 0 Å². The van der Waals surface area contributed by atoms with Crippen LogP contribution in [0.3, 0.4) is 0 Å². The van der Waals surface area contributed by atoms with E-state index < -0.39 is 0 Å². The molecule has 0 atom stereocenters. The molecule has 1 aromatic carbocycles. The van der Waals surface area contributed by atoms with E-state index in [1.54, 1.807) is 12.3 Å². The lowest BCUT2D eigenvalue weighted by Gasteiger charge is -2.09. The second kappa shape index (κ2) is 4.99. The zero-order valence-electron chi connectivity index (χ0n) is 9.98. The molecule has 0 fully saturated rings. The zero-order chi connectivity index (χ0) is 12.3. The Bertz CT molecular complexity index is 508. The summed E-state index contributed by atoms with van der Waals surface area (Å²) in [6, 6.07) is 4.53. The van der Waals surface area contributed by atoms with E-state index in [-0.39, 0.29) is 5.82 Å². The standard InChI is InChI=1S/C13H15FN2O/c1-3-16-7-6-15-13(16)9-17-12-8-11(14)5-4-10(12)2/h4-8H,3,9H2,1-2H3. The lowest BCUT2D eigenvalue weighted by molar-refractivity contribution is 0.286. The fourth-order valence-electron chi connectivity index (χ4n) is 1.64. The van der Waals surface area contributed by atoms with Crippen LogP contribution >= 0.6 is 0 Å². The van der Waals surface area contributed by atoms with Crippen LogP contribution in [0.4, 0.5) is 4.39 Å². The summed E-state index contributed by atoms with van der Waals surface area (Å²) in [4.78, 5) is 4.20. The fraction of sp³-hybridized carbons (Fsp3) is 0.308. The molecule has 3 nitrogen and oxygen atoms in total. The van der Waals surface area contributed by atoms with E-state index in [0.717, 1.165) is 17.9 Å². The molecule has 0 aliphatic heterocycles. The molecule has 0 bridgehead atoms. The number of nitrogens with zero attached hydrogens (tertiary/aromatic N) is 2. The van der Waals surface area contributed by atoms with E-state index in [4.69, 9.17) is 4.74 Å². The highest BCUT2D eigenvalue weighted by molar-refractivity contribution is 5.32. The van der Waals surface area contributed by atoms with Crippen LogP contribution in [0.5, 0.6) is 5.75 Å². The first-order chi connectivity index (χ1) is 8.20. The molecule has 0 radical (unpaired) electrons. The van der Waals surface area contributed by atoms with Crippen LogP contribution in [-0.2, 0) is 13.2 Å². The summed E-state index contributed by atoms with van der Waals surface area (Å²) >= 11 is 0. The number of halogens is 1. The van der Waals surface area contributed by atoms with Gasteiger partial charge in [-0.2, -0.15) is 0 Å². The Morgan fingerprint density at radius 3 is 3.00 bits per heavy atom. The van der Waals surface area contributed by atoms with Gasteiger partial charge in [0.05, 0.1) is 0 Å². The Morgan fingerprint density at radius 2 is 2.24 bits per heavy atom. The summed E-state index contributed by atoms with van der Waals surface area (Å²) in [7, 11) is 0. The van der Waals surface area contributed by atoms with Gasteiger partial charge < -0.3 is 9.30 Å². The average Bonchev–Trinajstić information content (AvgIpc) is 2.77. The van der Waals surface area contributed by atoms with Gasteiger partial charge in [-0.25, -0.2) is 9.37 Å². The predicted molar refractivity (Wildman–Crippen MR) is 63.4 cm³/mol. The Morgan fingerprint density at radius 1 is 1.41 bits per heavy atom. The van der Waals surface area contributed by atoms with Gasteiger partial charge in [-0.1, -0.05) is 6.07 Å². The van der Waals surface area contributed by atoms with E-state index >= 15 is 0 Å². The maximum atomic E-state index is 13.1. The SMILES string of the molecule is CCn1ccnc1COc1cc(F)ccc1C. The smallest absolute Gasteiger partial charge is 0.146 e. The minimum atomic E-state index is -0.288. The molecule has 17 heavy (non-hydrogen) atoms. The molecular formula is C13H15FN2O. The minimum absolute atomic E-state index is 0.288. The molecule has 0 aliphatic rings. The van der Waals surface area contributed by atoms with Crippen molar-refractivity contribution in [1.82, 2.24) is 9.55 Å². The van der Waals surface area contributed by atoms with Crippen LogP contribution in [0.25, 0.3) is 0 Å². The normalized spacial score (nSPS) is 10.5. The fourth-order valence-corrected chi connectivity index (χ4v) is 1.64. The maximum absolute atomic E-state index is 13.1. The molecular weight excluding hydrogens is 219 g/mol. The summed E-state index contributed by atoms with van der Waals surface area (Å²) in [5.41, 5.74) is 0.918. The van der Waals surface area contributed by atoms with Gasteiger partial charge in [-0.05, 0) is 25.5 Å².